The zero-order chi connectivity index (χ0) is 12.8. The number of ether oxygens (including phenoxy) is 3. The molecule has 5 heteroatoms. The molecule has 0 aromatic carbocycles. The topological polar surface area (TPSA) is 43.0 Å². The van der Waals surface area contributed by atoms with Crippen LogP contribution in [0.25, 0.3) is 0 Å². The van der Waals surface area contributed by atoms with Crippen molar-refractivity contribution in [3.05, 3.63) is 0 Å². The standard InChI is InChI=1S/C12H28N2O3/c1-14(2)7-4-5-13-6-8-16-11-12-17-10-9-15-3/h13H,4-12H2,1-3H3. The van der Waals surface area contributed by atoms with Crippen LogP contribution in [0.2, 0.25) is 0 Å². The summed E-state index contributed by atoms with van der Waals surface area (Å²) in [4.78, 5) is 2.19. The molecule has 17 heavy (non-hydrogen) atoms. The van der Waals surface area contributed by atoms with Gasteiger partial charge in [-0.1, -0.05) is 0 Å². The van der Waals surface area contributed by atoms with Gasteiger partial charge in [0.05, 0.1) is 33.0 Å². The summed E-state index contributed by atoms with van der Waals surface area (Å²) in [5.74, 6) is 0. The predicted molar refractivity (Wildman–Crippen MR) is 69.6 cm³/mol. The maximum atomic E-state index is 5.40. The van der Waals surface area contributed by atoms with Crippen molar-refractivity contribution in [2.45, 2.75) is 6.42 Å². The highest BCUT2D eigenvalue weighted by molar-refractivity contribution is 4.49. The molecule has 0 heterocycles. The molecular weight excluding hydrogens is 220 g/mol. The second kappa shape index (κ2) is 13.9. The summed E-state index contributed by atoms with van der Waals surface area (Å²) in [6.45, 7) is 6.41. The van der Waals surface area contributed by atoms with Crippen molar-refractivity contribution in [3.8, 4) is 0 Å². The molecule has 104 valence electrons. The molecule has 0 radical (unpaired) electrons. The van der Waals surface area contributed by atoms with Crippen molar-refractivity contribution in [2.75, 3.05) is 73.9 Å². The van der Waals surface area contributed by atoms with Crippen LogP contribution in [0.3, 0.4) is 0 Å². The molecule has 0 aliphatic rings. The Labute approximate surface area is 105 Å². The summed E-state index contributed by atoms with van der Waals surface area (Å²) in [6, 6.07) is 0. The highest BCUT2D eigenvalue weighted by Gasteiger charge is 1.92. The van der Waals surface area contributed by atoms with Crippen LogP contribution < -0.4 is 5.32 Å². The summed E-state index contributed by atoms with van der Waals surface area (Å²) in [5.41, 5.74) is 0. The maximum absolute atomic E-state index is 5.40. The van der Waals surface area contributed by atoms with E-state index in [2.05, 4.69) is 24.3 Å². The van der Waals surface area contributed by atoms with Gasteiger partial charge >= 0.3 is 0 Å². The first-order valence-electron chi connectivity index (χ1n) is 6.27. The molecule has 0 unspecified atom stereocenters. The molecule has 0 amide bonds. The van der Waals surface area contributed by atoms with Gasteiger partial charge < -0.3 is 24.4 Å². The predicted octanol–water partition coefficient (Wildman–Crippen LogP) is 0.207. The fourth-order valence-corrected chi connectivity index (χ4v) is 1.25. The molecule has 0 aliphatic heterocycles. The lowest BCUT2D eigenvalue weighted by atomic mass is 10.4. The lowest BCUT2D eigenvalue weighted by Crippen LogP contribution is -2.24. The normalized spacial score (nSPS) is 11.3. The molecule has 0 aromatic rings. The summed E-state index contributed by atoms with van der Waals surface area (Å²) in [7, 11) is 5.85. The minimum atomic E-state index is 0.642. The van der Waals surface area contributed by atoms with Gasteiger partial charge in [-0.15, -0.1) is 0 Å². The lowest BCUT2D eigenvalue weighted by Gasteiger charge is -2.10. The molecule has 0 saturated heterocycles. The minimum Gasteiger partial charge on any atom is -0.382 e. The first kappa shape index (κ1) is 16.8. The molecule has 0 atom stereocenters. The second-order valence-electron chi connectivity index (χ2n) is 4.12. The van der Waals surface area contributed by atoms with Crippen molar-refractivity contribution >= 4 is 0 Å². The molecule has 0 bridgehead atoms. The average molecular weight is 248 g/mol. The van der Waals surface area contributed by atoms with Crippen LogP contribution >= 0.6 is 0 Å². The quantitative estimate of drug-likeness (QED) is 0.472. The van der Waals surface area contributed by atoms with E-state index in [9.17, 15) is 0 Å². The molecule has 0 aliphatic carbocycles. The van der Waals surface area contributed by atoms with E-state index in [4.69, 9.17) is 14.2 Å². The van der Waals surface area contributed by atoms with Crippen LogP contribution in [0, 0.1) is 0 Å². The Bertz CT molecular complexity index is 146. The van der Waals surface area contributed by atoms with Crippen LogP contribution in [0.5, 0.6) is 0 Å². The monoisotopic (exact) mass is 248 g/mol. The van der Waals surface area contributed by atoms with E-state index in [1.54, 1.807) is 7.11 Å². The molecule has 1 N–H and O–H groups in total. The van der Waals surface area contributed by atoms with Crippen LogP contribution in [-0.2, 0) is 14.2 Å². The van der Waals surface area contributed by atoms with Crippen LogP contribution in [-0.4, -0.2) is 78.8 Å². The second-order valence-corrected chi connectivity index (χ2v) is 4.12. The molecule has 0 spiro atoms. The summed E-state index contributed by atoms with van der Waals surface area (Å²) < 4.78 is 15.5. The van der Waals surface area contributed by atoms with Crippen LogP contribution in [0.4, 0.5) is 0 Å². The van der Waals surface area contributed by atoms with Crippen LogP contribution in [0.15, 0.2) is 0 Å². The van der Waals surface area contributed by atoms with Gasteiger partial charge in [-0.25, -0.2) is 0 Å². The highest BCUT2D eigenvalue weighted by Crippen LogP contribution is 1.81. The van der Waals surface area contributed by atoms with Gasteiger partial charge in [0.2, 0.25) is 0 Å². The lowest BCUT2D eigenvalue weighted by molar-refractivity contribution is 0.0256. The Morgan fingerprint density at radius 1 is 0.882 bits per heavy atom. The number of nitrogens with one attached hydrogen (secondary N) is 1. The van der Waals surface area contributed by atoms with Gasteiger partial charge in [0.1, 0.15) is 0 Å². The van der Waals surface area contributed by atoms with E-state index >= 15 is 0 Å². The number of nitrogens with zero attached hydrogens (tertiary/aromatic N) is 1. The smallest absolute Gasteiger partial charge is 0.0701 e. The number of hydrogen-bond donors (Lipinski definition) is 1. The van der Waals surface area contributed by atoms with Gasteiger partial charge in [-0.05, 0) is 33.6 Å². The molecule has 5 nitrogen and oxygen atoms in total. The highest BCUT2D eigenvalue weighted by atomic mass is 16.5. The van der Waals surface area contributed by atoms with Crippen molar-refractivity contribution in [3.63, 3.8) is 0 Å². The Hall–Kier alpha value is -0.200. The minimum absolute atomic E-state index is 0.642. The van der Waals surface area contributed by atoms with Crippen molar-refractivity contribution < 1.29 is 14.2 Å². The zero-order valence-corrected chi connectivity index (χ0v) is 11.5. The SMILES string of the molecule is COCCOCCOCCNCCCN(C)C. The molecule has 0 aromatic heterocycles. The summed E-state index contributed by atoms with van der Waals surface area (Å²) in [6.07, 6.45) is 1.17. The van der Waals surface area contributed by atoms with Gasteiger partial charge in [0, 0.05) is 13.7 Å². The molecule has 0 saturated carbocycles. The van der Waals surface area contributed by atoms with Gasteiger partial charge in [0.25, 0.3) is 0 Å². The summed E-state index contributed by atoms with van der Waals surface area (Å²) >= 11 is 0. The van der Waals surface area contributed by atoms with E-state index < -0.39 is 0 Å². The zero-order valence-electron chi connectivity index (χ0n) is 11.5. The fraction of sp³-hybridized carbons (Fsp3) is 1.00. The first-order valence-corrected chi connectivity index (χ1v) is 6.27. The third-order valence-electron chi connectivity index (χ3n) is 2.19. The van der Waals surface area contributed by atoms with Gasteiger partial charge in [0.15, 0.2) is 0 Å². The largest absolute Gasteiger partial charge is 0.382 e. The van der Waals surface area contributed by atoms with E-state index in [-0.39, 0.29) is 0 Å². The Balaban J connectivity index is 2.89. The Morgan fingerprint density at radius 3 is 2.18 bits per heavy atom. The molecule has 0 rings (SSSR count). The Morgan fingerprint density at radius 2 is 1.53 bits per heavy atom. The van der Waals surface area contributed by atoms with Crippen LogP contribution in [0.1, 0.15) is 6.42 Å². The third kappa shape index (κ3) is 15.8. The average Bonchev–Trinajstić information content (AvgIpc) is 2.30. The van der Waals surface area contributed by atoms with E-state index in [0.29, 0.717) is 26.4 Å². The van der Waals surface area contributed by atoms with E-state index in [0.717, 1.165) is 26.2 Å². The number of methoxy groups -OCH3 is 1. The van der Waals surface area contributed by atoms with Gasteiger partial charge in [-0.3, -0.25) is 0 Å². The maximum Gasteiger partial charge on any atom is 0.0701 e. The van der Waals surface area contributed by atoms with Gasteiger partial charge in [-0.2, -0.15) is 0 Å². The van der Waals surface area contributed by atoms with E-state index in [1.807, 2.05) is 0 Å². The summed E-state index contributed by atoms with van der Waals surface area (Å²) in [5, 5.41) is 3.34. The fourth-order valence-electron chi connectivity index (χ4n) is 1.25. The van der Waals surface area contributed by atoms with Crippen molar-refractivity contribution in [1.82, 2.24) is 10.2 Å². The third-order valence-corrected chi connectivity index (χ3v) is 2.19. The van der Waals surface area contributed by atoms with E-state index in [1.165, 1.54) is 6.42 Å². The Kier molecular flexibility index (Phi) is 13.7. The number of rotatable bonds is 13. The van der Waals surface area contributed by atoms with Crippen molar-refractivity contribution in [1.29, 1.82) is 0 Å². The number of hydrogen-bond acceptors (Lipinski definition) is 5. The molecule has 0 fully saturated rings. The van der Waals surface area contributed by atoms with Crippen molar-refractivity contribution in [2.24, 2.45) is 0 Å². The molecular formula is C12H28N2O3. The first-order chi connectivity index (χ1) is 8.27.